The van der Waals surface area contributed by atoms with Crippen LogP contribution in [0.5, 0.6) is 0 Å². The molecule has 0 aliphatic carbocycles. The van der Waals surface area contributed by atoms with E-state index < -0.39 is 17.5 Å². The minimum absolute atomic E-state index is 0.223. The van der Waals surface area contributed by atoms with Gasteiger partial charge < -0.3 is 9.30 Å². The van der Waals surface area contributed by atoms with Crippen LogP contribution in [0.4, 0.5) is 8.78 Å². The summed E-state index contributed by atoms with van der Waals surface area (Å²) >= 11 is 2.63. The zero-order chi connectivity index (χ0) is 19.4. The second-order valence-corrected chi connectivity index (χ2v) is 7.92. The lowest BCUT2D eigenvalue weighted by atomic mass is 10.2. The van der Waals surface area contributed by atoms with Gasteiger partial charge in [0.25, 0.3) is 5.91 Å². The Morgan fingerprint density at radius 3 is 2.81 bits per heavy atom. The summed E-state index contributed by atoms with van der Waals surface area (Å²) in [4.78, 5) is 18.2. The molecule has 0 spiro atoms. The second-order valence-electron chi connectivity index (χ2n) is 5.61. The first-order valence-corrected chi connectivity index (χ1v) is 10.1. The molecule has 1 heterocycles. The molecular formula is C19H18F2N2O2S2. The minimum Gasteiger partial charge on any atom is -0.383 e. The van der Waals surface area contributed by atoms with Crippen molar-refractivity contribution < 1.29 is 18.3 Å². The van der Waals surface area contributed by atoms with Gasteiger partial charge in [0.15, 0.2) is 10.6 Å². The molecular weight excluding hydrogens is 390 g/mol. The predicted octanol–water partition coefficient (Wildman–Crippen LogP) is 4.48. The lowest BCUT2D eigenvalue weighted by molar-refractivity contribution is 0.0994. The molecule has 0 fully saturated rings. The molecule has 0 N–H and O–H groups in total. The molecule has 0 saturated heterocycles. The van der Waals surface area contributed by atoms with Crippen molar-refractivity contribution >= 4 is 39.2 Å². The summed E-state index contributed by atoms with van der Waals surface area (Å²) in [7, 11) is 1.53. The molecule has 27 heavy (non-hydrogen) atoms. The van der Waals surface area contributed by atoms with Gasteiger partial charge in [-0.2, -0.15) is 4.99 Å². The topological polar surface area (TPSA) is 43.6 Å². The molecule has 0 unspecified atom stereocenters. The van der Waals surface area contributed by atoms with Gasteiger partial charge in [-0.3, -0.25) is 4.79 Å². The van der Waals surface area contributed by atoms with Crippen molar-refractivity contribution in [1.29, 1.82) is 0 Å². The Hall–Kier alpha value is -2.03. The molecule has 0 aliphatic heterocycles. The molecule has 3 rings (SSSR count). The van der Waals surface area contributed by atoms with Crippen LogP contribution in [0.2, 0.25) is 0 Å². The van der Waals surface area contributed by atoms with Gasteiger partial charge >= 0.3 is 0 Å². The van der Waals surface area contributed by atoms with Gasteiger partial charge in [0.05, 0.1) is 22.4 Å². The van der Waals surface area contributed by atoms with Crippen molar-refractivity contribution in [1.82, 2.24) is 4.57 Å². The quantitative estimate of drug-likeness (QED) is 0.565. The lowest BCUT2D eigenvalue weighted by Crippen LogP contribution is -2.20. The highest BCUT2D eigenvalue weighted by atomic mass is 32.2. The maximum atomic E-state index is 14.3. The molecule has 0 radical (unpaired) electrons. The van der Waals surface area contributed by atoms with Gasteiger partial charge in [-0.1, -0.05) is 30.4 Å². The fourth-order valence-corrected chi connectivity index (χ4v) is 4.57. The van der Waals surface area contributed by atoms with Crippen molar-refractivity contribution in [3.63, 3.8) is 0 Å². The van der Waals surface area contributed by atoms with E-state index in [1.165, 1.54) is 13.2 Å². The van der Waals surface area contributed by atoms with Gasteiger partial charge in [0.1, 0.15) is 5.82 Å². The second kappa shape index (κ2) is 8.77. The van der Waals surface area contributed by atoms with Crippen molar-refractivity contribution in [2.45, 2.75) is 18.4 Å². The predicted molar refractivity (Wildman–Crippen MR) is 104 cm³/mol. The molecule has 3 aromatic rings. The van der Waals surface area contributed by atoms with E-state index in [4.69, 9.17) is 4.74 Å². The zero-order valence-electron chi connectivity index (χ0n) is 14.9. The number of benzene rings is 2. The van der Waals surface area contributed by atoms with E-state index in [-0.39, 0.29) is 5.52 Å². The first-order chi connectivity index (χ1) is 13.0. The van der Waals surface area contributed by atoms with Crippen LogP contribution in [0.1, 0.15) is 17.3 Å². The van der Waals surface area contributed by atoms with E-state index in [1.807, 2.05) is 19.1 Å². The van der Waals surface area contributed by atoms with Crippen LogP contribution in [-0.2, 0) is 11.3 Å². The third kappa shape index (κ3) is 4.28. The summed E-state index contributed by atoms with van der Waals surface area (Å²) in [6.07, 6.45) is 0. The Kier molecular flexibility index (Phi) is 6.41. The highest BCUT2D eigenvalue weighted by Crippen LogP contribution is 2.24. The zero-order valence-corrected chi connectivity index (χ0v) is 16.5. The van der Waals surface area contributed by atoms with E-state index in [0.717, 1.165) is 28.1 Å². The van der Waals surface area contributed by atoms with E-state index in [1.54, 1.807) is 28.5 Å². The van der Waals surface area contributed by atoms with Crippen LogP contribution in [0.25, 0.3) is 10.2 Å². The smallest absolute Gasteiger partial charge is 0.280 e. The number of carbonyl (C=O) groups is 1. The fraction of sp³-hybridized carbons (Fsp3) is 0.263. The number of aromatic nitrogens is 1. The molecule has 4 nitrogen and oxygen atoms in total. The van der Waals surface area contributed by atoms with Gasteiger partial charge in [-0.25, -0.2) is 8.78 Å². The summed E-state index contributed by atoms with van der Waals surface area (Å²) < 4.78 is 35.0. The molecule has 8 heteroatoms. The maximum absolute atomic E-state index is 14.3. The molecule has 1 aromatic heterocycles. The summed E-state index contributed by atoms with van der Waals surface area (Å²) in [5.41, 5.74) is 0.716. The number of hydrogen-bond donors (Lipinski definition) is 0. The van der Waals surface area contributed by atoms with Gasteiger partial charge in [-0.05, 0) is 24.0 Å². The van der Waals surface area contributed by atoms with Crippen LogP contribution in [-0.4, -0.2) is 29.9 Å². The third-order valence-electron chi connectivity index (χ3n) is 3.83. The standard InChI is InChI=1S/C19H18F2N2O2S2/c1-3-26-15-7-5-4-6-13(15)18(24)22-19-23(8-9-25-2)17-14(21)10-12(20)11-16(17)27-19/h4-7,10-11H,3,8-9H2,1-2H3. The van der Waals surface area contributed by atoms with Crippen molar-refractivity contribution in [2.75, 3.05) is 19.5 Å². The molecule has 0 bridgehead atoms. The number of thiazole rings is 1. The van der Waals surface area contributed by atoms with E-state index in [9.17, 15) is 13.6 Å². The van der Waals surface area contributed by atoms with E-state index in [0.29, 0.717) is 28.2 Å². The highest BCUT2D eigenvalue weighted by molar-refractivity contribution is 7.99. The number of halogens is 2. The number of rotatable bonds is 6. The number of hydrogen-bond acceptors (Lipinski definition) is 4. The van der Waals surface area contributed by atoms with E-state index in [2.05, 4.69) is 4.99 Å². The maximum Gasteiger partial charge on any atom is 0.280 e. The van der Waals surface area contributed by atoms with Gasteiger partial charge in [0.2, 0.25) is 0 Å². The average molecular weight is 408 g/mol. The van der Waals surface area contributed by atoms with Crippen LogP contribution in [0.15, 0.2) is 46.3 Å². The molecule has 142 valence electrons. The lowest BCUT2D eigenvalue weighted by Gasteiger charge is -2.06. The van der Waals surface area contributed by atoms with Crippen LogP contribution >= 0.6 is 23.1 Å². The van der Waals surface area contributed by atoms with Gasteiger partial charge in [0, 0.05) is 24.6 Å². The van der Waals surface area contributed by atoms with Crippen LogP contribution < -0.4 is 4.80 Å². The number of amides is 1. The largest absolute Gasteiger partial charge is 0.383 e. The number of nitrogens with zero attached hydrogens (tertiary/aromatic N) is 2. The van der Waals surface area contributed by atoms with Crippen LogP contribution in [0.3, 0.4) is 0 Å². The Morgan fingerprint density at radius 2 is 2.07 bits per heavy atom. The first-order valence-electron chi connectivity index (χ1n) is 8.33. The Morgan fingerprint density at radius 1 is 1.30 bits per heavy atom. The monoisotopic (exact) mass is 408 g/mol. The Balaban J connectivity index is 2.15. The normalized spacial score (nSPS) is 12.1. The third-order valence-corrected chi connectivity index (χ3v) is 5.81. The van der Waals surface area contributed by atoms with Crippen molar-refractivity contribution in [2.24, 2.45) is 4.99 Å². The van der Waals surface area contributed by atoms with Gasteiger partial charge in [-0.15, -0.1) is 11.8 Å². The number of ether oxygens (including phenoxy) is 1. The number of carbonyl (C=O) groups excluding carboxylic acids is 1. The minimum atomic E-state index is -0.687. The first kappa shape index (κ1) is 19.7. The average Bonchev–Trinajstić information content (AvgIpc) is 2.97. The number of methoxy groups -OCH3 is 1. The number of thioether (sulfide) groups is 1. The van der Waals surface area contributed by atoms with E-state index >= 15 is 0 Å². The molecule has 2 aromatic carbocycles. The number of fused-ring (bicyclic) bond motifs is 1. The highest BCUT2D eigenvalue weighted by Gasteiger charge is 2.15. The summed E-state index contributed by atoms with van der Waals surface area (Å²) in [5.74, 6) is -0.938. The molecule has 0 atom stereocenters. The molecule has 0 saturated carbocycles. The summed E-state index contributed by atoms with van der Waals surface area (Å²) in [6, 6.07) is 9.31. The van der Waals surface area contributed by atoms with Crippen molar-refractivity contribution in [3.8, 4) is 0 Å². The molecule has 0 aliphatic rings. The fourth-order valence-electron chi connectivity index (χ4n) is 2.68. The molecule has 1 amide bonds. The van der Waals surface area contributed by atoms with Crippen LogP contribution in [0, 0.1) is 11.6 Å². The summed E-state index contributed by atoms with van der Waals surface area (Å²) in [6.45, 7) is 2.62. The Bertz CT molecular complexity index is 1040. The Labute approximate surface area is 163 Å². The van der Waals surface area contributed by atoms with Crippen molar-refractivity contribution in [3.05, 3.63) is 58.4 Å². The summed E-state index contributed by atoms with van der Waals surface area (Å²) in [5, 5.41) is 0. The SMILES string of the molecule is CCSc1ccccc1C(=O)N=c1sc2cc(F)cc(F)c2n1CCOC.